The lowest BCUT2D eigenvalue weighted by Gasteiger charge is -1.99. The minimum Gasteiger partial charge on any atom is -0.397 e. The van der Waals surface area contributed by atoms with Crippen LogP contribution in [0.3, 0.4) is 0 Å². The molecule has 0 fully saturated rings. The molecule has 0 saturated heterocycles. The summed E-state index contributed by atoms with van der Waals surface area (Å²) in [7, 11) is 1.71. The van der Waals surface area contributed by atoms with Crippen molar-refractivity contribution >= 4 is 5.69 Å². The van der Waals surface area contributed by atoms with E-state index in [2.05, 4.69) is 20.4 Å². The molecule has 0 aliphatic carbocycles. The Bertz CT molecular complexity index is 461. The van der Waals surface area contributed by atoms with Gasteiger partial charge >= 0.3 is 0 Å². The molecule has 0 bridgehead atoms. The van der Waals surface area contributed by atoms with E-state index in [9.17, 15) is 0 Å². The van der Waals surface area contributed by atoms with E-state index in [-0.39, 0.29) is 0 Å². The van der Waals surface area contributed by atoms with Crippen molar-refractivity contribution in [1.29, 1.82) is 0 Å². The fourth-order valence-corrected chi connectivity index (χ4v) is 1.08. The number of hydrogen-bond acceptors (Lipinski definition) is 5. The Labute approximate surface area is 80.8 Å². The van der Waals surface area contributed by atoms with Gasteiger partial charge in [0.1, 0.15) is 5.69 Å². The number of anilines is 1. The molecule has 0 atom stereocenters. The maximum atomic E-state index is 5.65. The normalized spacial score (nSPS) is 10.4. The molecule has 6 nitrogen and oxygen atoms in total. The fraction of sp³-hybridized carbons (Fsp3) is 0.250. The highest BCUT2D eigenvalue weighted by Gasteiger charge is 2.06. The van der Waals surface area contributed by atoms with E-state index in [4.69, 9.17) is 5.73 Å². The minimum atomic E-state index is 0.510. The Morgan fingerprint density at radius 1 is 1.43 bits per heavy atom. The molecule has 2 heterocycles. The first-order valence-electron chi connectivity index (χ1n) is 4.13. The van der Waals surface area contributed by atoms with Crippen LogP contribution in [0, 0.1) is 6.92 Å². The number of tetrazole rings is 1. The lowest BCUT2D eigenvalue weighted by atomic mass is 10.2. The van der Waals surface area contributed by atoms with Gasteiger partial charge in [-0.2, -0.15) is 4.80 Å². The SMILES string of the molecule is Cc1cc(-c2nnn(C)n2)ncc1N. The van der Waals surface area contributed by atoms with Gasteiger partial charge in [-0.3, -0.25) is 4.98 Å². The Hall–Kier alpha value is -1.98. The highest BCUT2D eigenvalue weighted by atomic mass is 15.6. The van der Waals surface area contributed by atoms with Crippen molar-refractivity contribution in [3.8, 4) is 11.5 Å². The number of aromatic nitrogens is 5. The molecule has 2 N–H and O–H groups in total. The molecular formula is C8H10N6. The van der Waals surface area contributed by atoms with Gasteiger partial charge in [0.05, 0.1) is 18.9 Å². The van der Waals surface area contributed by atoms with Gasteiger partial charge in [0.15, 0.2) is 0 Å². The Kier molecular flexibility index (Phi) is 1.88. The molecule has 0 aromatic carbocycles. The molecule has 2 rings (SSSR count). The molecule has 0 spiro atoms. The number of nitrogen functional groups attached to an aromatic ring is 1. The van der Waals surface area contributed by atoms with Crippen molar-refractivity contribution in [2.45, 2.75) is 6.92 Å². The van der Waals surface area contributed by atoms with Crippen LogP contribution in [0.25, 0.3) is 11.5 Å². The van der Waals surface area contributed by atoms with Crippen LogP contribution >= 0.6 is 0 Å². The number of rotatable bonds is 1. The molecule has 0 unspecified atom stereocenters. The molecule has 6 heteroatoms. The zero-order valence-electron chi connectivity index (χ0n) is 7.97. The van der Waals surface area contributed by atoms with E-state index < -0.39 is 0 Å². The standard InChI is InChI=1S/C8H10N6/c1-5-3-7(10-4-6(5)9)8-11-13-14(2)12-8/h3-4H,9H2,1-2H3. The van der Waals surface area contributed by atoms with E-state index in [0.717, 1.165) is 5.56 Å². The van der Waals surface area contributed by atoms with Gasteiger partial charge < -0.3 is 5.73 Å². The third-order valence-corrected chi connectivity index (χ3v) is 1.89. The monoisotopic (exact) mass is 190 g/mol. The van der Waals surface area contributed by atoms with E-state index in [0.29, 0.717) is 17.2 Å². The summed E-state index contributed by atoms with van der Waals surface area (Å²) in [5.41, 5.74) is 7.96. The largest absolute Gasteiger partial charge is 0.397 e. The summed E-state index contributed by atoms with van der Waals surface area (Å²) >= 11 is 0. The van der Waals surface area contributed by atoms with Crippen molar-refractivity contribution in [3.05, 3.63) is 17.8 Å². The van der Waals surface area contributed by atoms with Gasteiger partial charge in [-0.15, -0.1) is 10.2 Å². The highest BCUT2D eigenvalue weighted by Crippen LogP contribution is 2.15. The molecular weight excluding hydrogens is 180 g/mol. The van der Waals surface area contributed by atoms with Crippen molar-refractivity contribution in [3.63, 3.8) is 0 Å². The third kappa shape index (κ3) is 1.41. The summed E-state index contributed by atoms with van der Waals surface area (Å²) in [6, 6.07) is 1.84. The first kappa shape index (κ1) is 8.61. The van der Waals surface area contributed by atoms with E-state index >= 15 is 0 Å². The summed E-state index contributed by atoms with van der Waals surface area (Å²) in [5.74, 6) is 0.510. The molecule has 0 aliphatic rings. The predicted octanol–water partition coefficient (Wildman–Crippen LogP) is 0.163. The van der Waals surface area contributed by atoms with Crippen LogP contribution in [0.15, 0.2) is 12.3 Å². The van der Waals surface area contributed by atoms with E-state index in [1.165, 1.54) is 4.80 Å². The van der Waals surface area contributed by atoms with Gasteiger partial charge in [-0.05, 0) is 23.8 Å². The molecule has 0 saturated carbocycles. The maximum absolute atomic E-state index is 5.65. The second-order valence-electron chi connectivity index (χ2n) is 3.03. The zero-order valence-corrected chi connectivity index (χ0v) is 7.97. The summed E-state index contributed by atoms with van der Waals surface area (Å²) in [4.78, 5) is 5.51. The summed E-state index contributed by atoms with van der Waals surface area (Å²) in [5, 5.41) is 11.6. The molecule has 0 aliphatic heterocycles. The topological polar surface area (TPSA) is 82.5 Å². The zero-order chi connectivity index (χ0) is 10.1. The first-order valence-corrected chi connectivity index (χ1v) is 4.13. The van der Waals surface area contributed by atoms with Crippen molar-refractivity contribution in [2.24, 2.45) is 7.05 Å². The fourth-order valence-electron chi connectivity index (χ4n) is 1.08. The van der Waals surface area contributed by atoms with Crippen LogP contribution in [0.2, 0.25) is 0 Å². The quantitative estimate of drug-likeness (QED) is 0.692. The Morgan fingerprint density at radius 3 is 2.79 bits per heavy atom. The molecule has 72 valence electrons. The Morgan fingerprint density at radius 2 is 2.21 bits per heavy atom. The molecule has 14 heavy (non-hydrogen) atoms. The summed E-state index contributed by atoms with van der Waals surface area (Å²) in [6.07, 6.45) is 1.60. The van der Waals surface area contributed by atoms with Crippen LogP contribution in [0.1, 0.15) is 5.56 Å². The second-order valence-corrected chi connectivity index (χ2v) is 3.03. The van der Waals surface area contributed by atoms with Crippen LogP contribution in [0.5, 0.6) is 0 Å². The number of pyridine rings is 1. The minimum absolute atomic E-state index is 0.510. The molecule has 2 aromatic rings. The molecule has 0 radical (unpaired) electrons. The van der Waals surface area contributed by atoms with Crippen LogP contribution in [-0.4, -0.2) is 25.2 Å². The first-order chi connectivity index (χ1) is 6.66. The summed E-state index contributed by atoms with van der Waals surface area (Å²) < 4.78 is 0. The van der Waals surface area contributed by atoms with Gasteiger partial charge in [0.25, 0.3) is 0 Å². The smallest absolute Gasteiger partial charge is 0.223 e. The average Bonchev–Trinajstić information content (AvgIpc) is 2.57. The predicted molar refractivity (Wildman–Crippen MR) is 51.2 cm³/mol. The Balaban J connectivity index is 2.47. The molecule has 2 aromatic heterocycles. The highest BCUT2D eigenvalue weighted by molar-refractivity contribution is 5.55. The van der Waals surface area contributed by atoms with Crippen LogP contribution < -0.4 is 5.73 Å². The van der Waals surface area contributed by atoms with Crippen molar-refractivity contribution < 1.29 is 0 Å². The lowest BCUT2D eigenvalue weighted by Crippen LogP contribution is -1.95. The number of hydrogen-bond donors (Lipinski definition) is 1. The maximum Gasteiger partial charge on any atom is 0.223 e. The van der Waals surface area contributed by atoms with Crippen molar-refractivity contribution in [2.75, 3.05) is 5.73 Å². The van der Waals surface area contributed by atoms with E-state index in [1.807, 2.05) is 13.0 Å². The third-order valence-electron chi connectivity index (χ3n) is 1.89. The number of nitrogens with two attached hydrogens (primary N) is 1. The average molecular weight is 190 g/mol. The lowest BCUT2D eigenvalue weighted by molar-refractivity contribution is 0.630. The number of aryl methyl sites for hydroxylation is 2. The van der Waals surface area contributed by atoms with E-state index in [1.54, 1.807) is 13.2 Å². The second kappa shape index (κ2) is 3.06. The van der Waals surface area contributed by atoms with Crippen LogP contribution in [-0.2, 0) is 7.05 Å². The van der Waals surface area contributed by atoms with Gasteiger partial charge in [0.2, 0.25) is 5.82 Å². The van der Waals surface area contributed by atoms with Gasteiger partial charge in [-0.1, -0.05) is 0 Å². The van der Waals surface area contributed by atoms with Crippen LogP contribution in [0.4, 0.5) is 5.69 Å². The van der Waals surface area contributed by atoms with Gasteiger partial charge in [-0.25, -0.2) is 0 Å². The number of nitrogens with zero attached hydrogens (tertiary/aromatic N) is 5. The summed E-state index contributed by atoms with van der Waals surface area (Å²) in [6.45, 7) is 1.91. The van der Waals surface area contributed by atoms with Crippen molar-refractivity contribution in [1.82, 2.24) is 25.2 Å². The molecule has 0 amide bonds. The van der Waals surface area contributed by atoms with Gasteiger partial charge in [0, 0.05) is 0 Å².